The van der Waals surface area contributed by atoms with Crippen molar-refractivity contribution < 1.29 is 4.55 Å². The summed E-state index contributed by atoms with van der Waals surface area (Å²) in [7, 11) is 0. The second-order valence-electron chi connectivity index (χ2n) is 5.37. The Hall–Kier alpha value is -0.0300. The van der Waals surface area contributed by atoms with Gasteiger partial charge in [0.15, 0.2) is 0 Å². The molecule has 1 heterocycles. The molecule has 2 atom stereocenters. The van der Waals surface area contributed by atoms with Gasteiger partial charge >= 0.3 is 0 Å². The van der Waals surface area contributed by atoms with Gasteiger partial charge in [0, 0.05) is 11.4 Å². The van der Waals surface area contributed by atoms with Gasteiger partial charge in [0.05, 0.1) is 6.04 Å². The maximum Gasteiger partial charge on any atom is 0.136 e. The molecule has 1 fully saturated rings. The summed E-state index contributed by atoms with van der Waals surface area (Å²) in [5.41, 5.74) is 1.30. The normalized spacial score (nSPS) is 20.8. The Morgan fingerprint density at radius 3 is 2.62 bits per heavy atom. The number of rotatable bonds is 4. The molecule has 1 aliphatic carbocycles. The van der Waals surface area contributed by atoms with Crippen molar-refractivity contribution in [2.45, 2.75) is 44.4 Å². The van der Waals surface area contributed by atoms with Crippen molar-refractivity contribution in [3.05, 3.63) is 22.4 Å². The second-order valence-corrected chi connectivity index (χ2v) is 8.15. The van der Waals surface area contributed by atoms with Crippen molar-refractivity contribution in [3.63, 3.8) is 0 Å². The molecular formula is C12H19NOS2. The van der Waals surface area contributed by atoms with Crippen LogP contribution in [0.2, 0.25) is 0 Å². The number of nitrogens with one attached hydrogen (secondary N) is 1. The summed E-state index contributed by atoms with van der Waals surface area (Å²) in [5, 5.41) is 4.25. The summed E-state index contributed by atoms with van der Waals surface area (Å²) < 4.78 is 15.2. The average Bonchev–Trinajstić information content (AvgIpc) is 2.88. The van der Waals surface area contributed by atoms with Gasteiger partial charge in [-0.1, -0.05) is 0 Å². The van der Waals surface area contributed by atoms with Crippen LogP contribution in [0.1, 0.15) is 45.2 Å². The molecule has 0 saturated heterocycles. The molecule has 1 unspecified atom stereocenters. The summed E-state index contributed by atoms with van der Waals surface area (Å²) >= 11 is 0.731. The second kappa shape index (κ2) is 4.69. The lowest BCUT2D eigenvalue weighted by Crippen LogP contribution is -2.41. The van der Waals surface area contributed by atoms with Crippen LogP contribution in [0, 0.1) is 5.92 Å². The zero-order chi connectivity index (χ0) is 11.8. The van der Waals surface area contributed by atoms with E-state index in [2.05, 4.69) is 21.5 Å². The minimum atomic E-state index is -0.978. The van der Waals surface area contributed by atoms with E-state index < -0.39 is 11.4 Å². The van der Waals surface area contributed by atoms with Crippen LogP contribution in [0.4, 0.5) is 0 Å². The molecule has 0 aromatic carbocycles. The average molecular weight is 257 g/mol. The highest BCUT2D eigenvalue weighted by Crippen LogP contribution is 2.42. The zero-order valence-electron chi connectivity index (χ0n) is 10.0. The molecule has 1 aromatic rings. The van der Waals surface area contributed by atoms with E-state index in [-0.39, 0.29) is 10.8 Å². The van der Waals surface area contributed by atoms with Crippen molar-refractivity contribution in [1.82, 2.24) is 4.72 Å². The summed E-state index contributed by atoms with van der Waals surface area (Å²) in [5.74, 6) is 0.681. The Morgan fingerprint density at radius 2 is 2.19 bits per heavy atom. The number of hydrogen-bond acceptors (Lipinski definition) is 3. The molecule has 4 heteroatoms. The molecular weight excluding hydrogens is 238 g/mol. The largest absolute Gasteiger partial charge is 0.598 e. The highest BCUT2D eigenvalue weighted by molar-refractivity contribution is 7.90. The summed E-state index contributed by atoms with van der Waals surface area (Å²) in [6, 6.07) is 2.42. The fraction of sp³-hybridized carbons (Fsp3) is 0.667. The first-order chi connectivity index (χ1) is 7.48. The van der Waals surface area contributed by atoms with E-state index in [1.54, 1.807) is 11.3 Å². The van der Waals surface area contributed by atoms with Crippen LogP contribution in [0.15, 0.2) is 16.8 Å². The van der Waals surface area contributed by atoms with Gasteiger partial charge in [-0.05, 0) is 61.9 Å². The smallest absolute Gasteiger partial charge is 0.136 e. The molecule has 1 saturated carbocycles. The van der Waals surface area contributed by atoms with E-state index in [0.29, 0.717) is 5.92 Å². The van der Waals surface area contributed by atoms with Gasteiger partial charge in [0.25, 0.3) is 0 Å². The van der Waals surface area contributed by atoms with Gasteiger partial charge in [0.1, 0.15) is 4.75 Å². The Morgan fingerprint density at radius 1 is 1.50 bits per heavy atom. The van der Waals surface area contributed by atoms with Crippen LogP contribution in [0.25, 0.3) is 0 Å². The standard InChI is InChI=1S/C12H19NOS2/c1-12(2,3)16(14)13-11(9-4-5-9)10-6-7-15-8-10/h6-9,11,13H,4-5H2,1-3H3/t11-,16?/m0/s1. The molecule has 16 heavy (non-hydrogen) atoms. The van der Waals surface area contributed by atoms with Gasteiger partial charge in [0.2, 0.25) is 0 Å². The van der Waals surface area contributed by atoms with Crippen molar-refractivity contribution in [2.24, 2.45) is 5.92 Å². The van der Waals surface area contributed by atoms with Crippen LogP contribution in [0.5, 0.6) is 0 Å². The van der Waals surface area contributed by atoms with E-state index >= 15 is 0 Å². The fourth-order valence-corrected chi connectivity index (χ4v) is 3.22. The Kier molecular flexibility index (Phi) is 3.64. The third-order valence-electron chi connectivity index (χ3n) is 2.79. The highest BCUT2D eigenvalue weighted by atomic mass is 32.2. The van der Waals surface area contributed by atoms with E-state index in [1.807, 2.05) is 20.8 Å². The van der Waals surface area contributed by atoms with Crippen molar-refractivity contribution in [1.29, 1.82) is 0 Å². The van der Waals surface area contributed by atoms with Gasteiger partial charge in [-0.3, -0.25) is 0 Å². The van der Waals surface area contributed by atoms with Crippen LogP contribution >= 0.6 is 11.3 Å². The molecule has 2 rings (SSSR count). The topological polar surface area (TPSA) is 35.1 Å². The Balaban J connectivity index is 2.04. The molecule has 90 valence electrons. The third kappa shape index (κ3) is 3.00. The molecule has 0 spiro atoms. The molecule has 0 radical (unpaired) electrons. The molecule has 0 aliphatic heterocycles. The predicted molar refractivity (Wildman–Crippen MR) is 70.8 cm³/mol. The Bertz CT molecular complexity index is 327. The minimum Gasteiger partial charge on any atom is -0.598 e. The quantitative estimate of drug-likeness (QED) is 0.840. The monoisotopic (exact) mass is 257 g/mol. The Labute approximate surface area is 105 Å². The maximum absolute atomic E-state index is 12.1. The SMILES string of the molecule is CC(C)(C)[S+]([O-])N[C@H](c1ccsc1)C1CC1. The first-order valence-corrected chi connectivity index (χ1v) is 7.78. The van der Waals surface area contributed by atoms with Crippen molar-refractivity contribution >= 4 is 22.7 Å². The molecule has 0 amide bonds. The predicted octanol–water partition coefficient (Wildman–Crippen LogP) is 3.25. The van der Waals surface area contributed by atoms with Crippen LogP contribution in [0.3, 0.4) is 0 Å². The van der Waals surface area contributed by atoms with Crippen molar-refractivity contribution in [3.8, 4) is 0 Å². The van der Waals surface area contributed by atoms with E-state index in [9.17, 15) is 4.55 Å². The first-order valence-electron chi connectivity index (χ1n) is 5.68. The molecule has 1 aromatic heterocycles. The van der Waals surface area contributed by atoms with E-state index in [1.165, 1.54) is 18.4 Å². The van der Waals surface area contributed by atoms with Crippen LogP contribution in [-0.4, -0.2) is 9.30 Å². The van der Waals surface area contributed by atoms with E-state index in [4.69, 9.17) is 0 Å². The lowest BCUT2D eigenvalue weighted by molar-refractivity contribution is 0.504. The molecule has 1 N–H and O–H groups in total. The molecule has 1 aliphatic rings. The number of hydrogen-bond donors (Lipinski definition) is 1. The lowest BCUT2D eigenvalue weighted by atomic mass is 10.1. The molecule has 2 nitrogen and oxygen atoms in total. The zero-order valence-corrected chi connectivity index (χ0v) is 11.7. The van der Waals surface area contributed by atoms with Crippen LogP contribution in [-0.2, 0) is 11.4 Å². The molecule has 0 bridgehead atoms. The summed E-state index contributed by atoms with van der Waals surface area (Å²) in [4.78, 5) is 0. The van der Waals surface area contributed by atoms with Gasteiger partial charge in [-0.2, -0.15) is 11.3 Å². The first kappa shape index (κ1) is 12.4. The fourth-order valence-electron chi connectivity index (χ4n) is 1.61. The highest BCUT2D eigenvalue weighted by Gasteiger charge is 2.38. The lowest BCUT2D eigenvalue weighted by Gasteiger charge is -2.27. The van der Waals surface area contributed by atoms with Gasteiger partial charge in [-0.25, -0.2) is 0 Å². The van der Waals surface area contributed by atoms with Crippen LogP contribution < -0.4 is 4.72 Å². The van der Waals surface area contributed by atoms with E-state index in [0.717, 1.165) is 0 Å². The summed E-state index contributed by atoms with van der Waals surface area (Å²) in [6.07, 6.45) is 2.52. The number of thiophene rings is 1. The van der Waals surface area contributed by atoms with Gasteiger partial charge < -0.3 is 4.55 Å². The van der Waals surface area contributed by atoms with Crippen molar-refractivity contribution in [2.75, 3.05) is 0 Å². The van der Waals surface area contributed by atoms with Gasteiger partial charge in [-0.15, -0.1) is 4.72 Å². The minimum absolute atomic E-state index is 0.191. The summed E-state index contributed by atoms with van der Waals surface area (Å²) in [6.45, 7) is 6.02. The maximum atomic E-state index is 12.1. The third-order valence-corrected chi connectivity index (χ3v) is 5.07.